The molecule has 0 bridgehead atoms. The summed E-state index contributed by atoms with van der Waals surface area (Å²) in [6.45, 7) is 0.204. The lowest BCUT2D eigenvalue weighted by atomic mass is 10.1. The smallest absolute Gasteiger partial charge is 0.158 e. The van der Waals surface area contributed by atoms with E-state index in [1.807, 2.05) is 30.3 Å². The monoisotopic (exact) mass is 369 g/mol. The number of nitrogens with zero attached hydrogens (tertiary/aromatic N) is 3. The molecular formula is C16H17Cl2N3OS. The highest BCUT2D eigenvalue weighted by Gasteiger charge is 2.37. The second-order valence-electron chi connectivity index (χ2n) is 5.19. The van der Waals surface area contributed by atoms with Crippen LogP contribution < -0.4 is 0 Å². The van der Waals surface area contributed by atoms with Crippen LogP contribution in [0, 0.1) is 0 Å². The van der Waals surface area contributed by atoms with Crippen LogP contribution in [0.3, 0.4) is 0 Å². The Hall–Kier alpha value is -0.790. The highest BCUT2D eigenvalue weighted by Crippen LogP contribution is 2.37. The molecule has 1 fully saturated rings. The fourth-order valence-electron chi connectivity index (χ4n) is 2.43. The molecule has 4 nitrogen and oxygen atoms in total. The lowest BCUT2D eigenvalue weighted by Gasteiger charge is -2.23. The predicted molar refractivity (Wildman–Crippen MR) is 94.5 cm³/mol. The first-order valence-corrected chi connectivity index (χ1v) is 8.76. The predicted octanol–water partition coefficient (Wildman–Crippen LogP) is 3.70. The van der Waals surface area contributed by atoms with Crippen molar-refractivity contribution in [1.29, 1.82) is 0 Å². The Morgan fingerprint density at radius 3 is 2.43 bits per heavy atom. The first-order valence-electron chi connectivity index (χ1n) is 7.20. The highest BCUT2D eigenvalue weighted by atomic mass is 35.5. The highest BCUT2D eigenvalue weighted by molar-refractivity contribution is 8.00. The maximum absolute atomic E-state index is 9.29. The number of aliphatic hydroxyl groups is 1. The lowest BCUT2D eigenvalue weighted by Crippen LogP contribution is -2.33. The van der Waals surface area contributed by atoms with E-state index in [0.29, 0.717) is 6.67 Å². The van der Waals surface area contributed by atoms with E-state index in [0.717, 1.165) is 11.3 Å². The van der Waals surface area contributed by atoms with Gasteiger partial charge in [-0.05, 0) is 47.2 Å². The van der Waals surface area contributed by atoms with Gasteiger partial charge in [0.1, 0.15) is 6.73 Å². The third-order valence-electron chi connectivity index (χ3n) is 3.60. The van der Waals surface area contributed by atoms with Crippen LogP contribution in [0.2, 0.25) is 0 Å². The van der Waals surface area contributed by atoms with Crippen molar-refractivity contribution in [1.82, 2.24) is 14.0 Å². The summed E-state index contributed by atoms with van der Waals surface area (Å²) in [6, 6.07) is 18.6. The molecule has 1 unspecified atom stereocenters. The quantitative estimate of drug-likeness (QED) is 0.811. The largest absolute Gasteiger partial charge is 0.380 e. The SMILES string of the molecule is OCN1CN(Cl)C(Sc2ccccc2Cc2ccccc2)N1Cl. The Kier molecular flexibility index (Phi) is 5.82. The molecule has 0 amide bonds. The Bertz CT molecular complexity index is 646. The van der Waals surface area contributed by atoms with Gasteiger partial charge in [0.2, 0.25) is 0 Å². The second-order valence-corrected chi connectivity index (χ2v) is 7.07. The molecule has 1 atom stereocenters. The van der Waals surface area contributed by atoms with E-state index in [-0.39, 0.29) is 12.2 Å². The minimum absolute atomic E-state index is 0.171. The van der Waals surface area contributed by atoms with Crippen LogP contribution in [0.1, 0.15) is 11.1 Å². The van der Waals surface area contributed by atoms with Gasteiger partial charge >= 0.3 is 0 Å². The van der Waals surface area contributed by atoms with Crippen molar-refractivity contribution in [2.45, 2.75) is 16.8 Å². The molecule has 2 aromatic rings. The molecule has 0 aromatic heterocycles. The summed E-state index contributed by atoms with van der Waals surface area (Å²) in [6.07, 6.45) is 0.852. The van der Waals surface area contributed by atoms with Crippen molar-refractivity contribution in [2.24, 2.45) is 0 Å². The van der Waals surface area contributed by atoms with Gasteiger partial charge < -0.3 is 5.11 Å². The third-order valence-corrected chi connectivity index (χ3v) is 5.84. The van der Waals surface area contributed by atoms with Gasteiger partial charge in [-0.2, -0.15) is 9.43 Å². The second kappa shape index (κ2) is 7.85. The fourth-order valence-corrected chi connectivity index (χ4v) is 4.20. The summed E-state index contributed by atoms with van der Waals surface area (Å²) in [5, 5.41) is 10.9. The van der Waals surface area contributed by atoms with Crippen LogP contribution in [0.15, 0.2) is 59.5 Å². The maximum atomic E-state index is 9.29. The number of hydrazine groups is 1. The number of rotatable bonds is 5. The van der Waals surface area contributed by atoms with E-state index in [2.05, 4.69) is 24.3 Å². The number of aliphatic hydroxyl groups excluding tert-OH is 1. The molecule has 3 rings (SSSR count). The Balaban J connectivity index is 1.78. The normalized spacial score (nSPS) is 20.2. The van der Waals surface area contributed by atoms with Crippen LogP contribution in [-0.4, -0.2) is 38.0 Å². The van der Waals surface area contributed by atoms with Crippen LogP contribution in [-0.2, 0) is 6.42 Å². The molecule has 2 aromatic carbocycles. The molecule has 1 saturated heterocycles. The molecule has 1 N–H and O–H groups in total. The first kappa shape index (κ1) is 17.0. The van der Waals surface area contributed by atoms with Crippen LogP contribution in [0.5, 0.6) is 0 Å². The minimum Gasteiger partial charge on any atom is -0.380 e. The van der Waals surface area contributed by atoms with Crippen LogP contribution >= 0.6 is 35.3 Å². The van der Waals surface area contributed by atoms with Crippen molar-refractivity contribution in [2.75, 3.05) is 13.4 Å². The number of hydrogen-bond donors (Lipinski definition) is 1. The van der Waals surface area contributed by atoms with Gasteiger partial charge in [-0.3, -0.25) is 0 Å². The Morgan fingerprint density at radius 2 is 1.74 bits per heavy atom. The molecule has 0 aliphatic carbocycles. The topological polar surface area (TPSA) is 30.0 Å². The number of hydrogen-bond acceptors (Lipinski definition) is 5. The Labute approximate surface area is 150 Å². The Morgan fingerprint density at radius 1 is 1.04 bits per heavy atom. The average molecular weight is 370 g/mol. The van der Waals surface area contributed by atoms with Gasteiger partial charge in [-0.25, -0.2) is 0 Å². The lowest BCUT2D eigenvalue weighted by molar-refractivity contribution is 0.0151. The van der Waals surface area contributed by atoms with E-state index >= 15 is 0 Å². The third kappa shape index (κ3) is 4.00. The molecule has 1 heterocycles. The van der Waals surface area contributed by atoms with Gasteiger partial charge in [0.15, 0.2) is 5.50 Å². The average Bonchev–Trinajstić information content (AvgIpc) is 2.85. The number of halogens is 2. The van der Waals surface area contributed by atoms with Gasteiger partial charge in [0.25, 0.3) is 0 Å². The molecule has 0 spiro atoms. The minimum atomic E-state index is -0.276. The molecule has 7 heteroatoms. The van der Waals surface area contributed by atoms with E-state index in [1.165, 1.54) is 15.7 Å². The molecule has 1 aliphatic heterocycles. The standard InChI is InChI=1S/C16H17Cl2N3OS/c17-20-11-19(12-22)21(18)16(20)23-15-9-5-4-8-14(15)10-13-6-2-1-3-7-13/h1-9,16,22H,10-12H2. The van der Waals surface area contributed by atoms with Crippen LogP contribution in [0.25, 0.3) is 0 Å². The molecule has 0 saturated carbocycles. The van der Waals surface area contributed by atoms with Crippen molar-refractivity contribution in [3.8, 4) is 0 Å². The van der Waals surface area contributed by atoms with Crippen molar-refractivity contribution in [3.05, 3.63) is 65.7 Å². The summed E-state index contributed by atoms with van der Waals surface area (Å²) < 4.78 is 3.02. The summed E-state index contributed by atoms with van der Waals surface area (Å²) in [5.41, 5.74) is 2.21. The zero-order valence-electron chi connectivity index (χ0n) is 12.3. The summed E-state index contributed by atoms with van der Waals surface area (Å²) >= 11 is 14.1. The molecular weight excluding hydrogens is 353 g/mol. The van der Waals surface area contributed by atoms with E-state index in [1.54, 1.807) is 21.2 Å². The first-order chi connectivity index (χ1) is 11.2. The molecule has 122 valence electrons. The summed E-state index contributed by atoms with van der Waals surface area (Å²) in [4.78, 5) is 1.12. The van der Waals surface area contributed by atoms with Gasteiger partial charge in [-0.1, -0.05) is 60.3 Å². The van der Waals surface area contributed by atoms with Gasteiger partial charge in [-0.15, -0.1) is 4.53 Å². The van der Waals surface area contributed by atoms with E-state index in [4.69, 9.17) is 23.6 Å². The summed E-state index contributed by atoms with van der Waals surface area (Å²) in [5.74, 6) is 0. The molecule has 1 aliphatic rings. The zero-order chi connectivity index (χ0) is 16.2. The van der Waals surface area contributed by atoms with Crippen molar-refractivity contribution < 1.29 is 5.11 Å². The van der Waals surface area contributed by atoms with Crippen molar-refractivity contribution in [3.63, 3.8) is 0 Å². The van der Waals surface area contributed by atoms with Crippen molar-refractivity contribution >= 4 is 35.3 Å². The number of benzene rings is 2. The van der Waals surface area contributed by atoms with Gasteiger partial charge in [0, 0.05) is 4.90 Å². The maximum Gasteiger partial charge on any atom is 0.158 e. The van der Waals surface area contributed by atoms with E-state index < -0.39 is 0 Å². The van der Waals surface area contributed by atoms with Gasteiger partial charge in [0.05, 0.1) is 6.67 Å². The fraction of sp³-hybridized carbons (Fsp3) is 0.250. The van der Waals surface area contributed by atoms with Crippen LogP contribution in [0.4, 0.5) is 0 Å². The zero-order valence-corrected chi connectivity index (χ0v) is 14.7. The molecule has 0 radical (unpaired) electrons. The molecule has 23 heavy (non-hydrogen) atoms. The van der Waals surface area contributed by atoms with E-state index in [9.17, 15) is 5.11 Å². The summed E-state index contributed by atoms with van der Waals surface area (Å²) in [7, 11) is 0. The number of thioether (sulfide) groups is 1.